The van der Waals surface area contributed by atoms with Crippen LogP contribution in [-0.4, -0.2) is 48.7 Å². The van der Waals surface area contributed by atoms with E-state index in [-0.39, 0.29) is 17.1 Å². The first-order valence-electron chi connectivity index (χ1n) is 11.0. The van der Waals surface area contributed by atoms with Crippen molar-refractivity contribution in [2.75, 3.05) is 12.4 Å². The number of aromatic nitrogens is 1. The quantitative estimate of drug-likeness (QED) is 0.404. The molecule has 9 nitrogen and oxygen atoms in total. The second-order valence-electron chi connectivity index (χ2n) is 8.35. The van der Waals surface area contributed by atoms with Gasteiger partial charge in [0.25, 0.3) is 10.2 Å². The molecule has 0 saturated carbocycles. The fourth-order valence-corrected chi connectivity index (χ4v) is 6.37. The van der Waals surface area contributed by atoms with Gasteiger partial charge in [-0.05, 0) is 37.6 Å². The van der Waals surface area contributed by atoms with Gasteiger partial charge in [-0.3, -0.25) is 9.59 Å². The Labute approximate surface area is 227 Å². The lowest BCUT2D eigenvalue weighted by Gasteiger charge is -2.35. The van der Waals surface area contributed by atoms with Crippen molar-refractivity contribution in [2.45, 2.75) is 31.5 Å². The van der Waals surface area contributed by atoms with E-state index in [1.54, 1.807) is 18.4 Å². The molecule has 1 saturated heterocycles. The van der Waals surface area contributed by atoms with Crippen molar-refractivity contribution >= 4 is 62.2 Å². The van der Waals surface area contributed by atoms with Crippen LogP contribution in [0.25, 0.3) is 10.6 Å². The monoisotopic (exact) mass is 585 g/mol. The molecule has 2 heterocycles. The van der Waals surface area contributed by atoms with Gasteiger partial charge in [0, 0.05) is 23.7 Å². The summed E-state index contributed by atoms with van der Waals surface area (Å²) in [6.45, 7) is 1.72. The first kappa shape index (κ1) is 27.4. The van der Waals surface area contributed by atoms with Crippen LogP contribution in [0.2, 0.25) is 10.0 Å². The lowest BCUT2D eigenvalue weighted by Crippen LogP contribution is -2.62. The number of anilines is 1. The number of carbonyl (C=O) groups excluding carboxylic acids is 2. The van der Waals surface area contributed by atoms with E-state index in [2.05, 4.69) is 20.3 Å². The van der Waals surface area contributed by atoms with Crippen molar-refractivity contribution in [3.05, 3.63) is 69.4 Å². The van der Waals surface area contributed by atoms with Gasteiger partial charge in [-0.15, -0.1) is 11.3 Å². The van der Waals surface area contributed by atoms with E-state index in [1.165, 1.54) is 30.5 Å². The molecule has 1 aliphatic heterocycles. The van der Waals surface area contributed by atoms with Gasteiger partial charge in [0.05, 0.1) is 21.8 Å². The van der Waals surface area contributed by atoms with Crippen LogP contribution in [0.4, 0.5) is 10.1 Å². The van der Waals surface area contributed by atoms with E-state index in [0.717, 1.165) is 15.9 Å². The second-order valence-corrected chi connectivity index (χ2v) is 11.8. The first-order chi connectivity index (χ1) is 17.5. The van der Waals surface area contributed by atoms with Gasteiger partial charge in [0.2, 0.25) is 11.8 Å². The van der Waals surface area contributed by atoms with Crippen LogP contribution < -0.4 is 15.4 Å². The summed E-state index contributed by atoms with van der Waals surface area (Å²) in [5.41, 5.74) is 1.53. The molecule has 3 aromatic rings. The van der Waals surface area contributed by atoms with Gasteiger partial charge in [-0.2, -0.15) is 17.4 Å². The third kappa shape index (κ3) is 6.11. The molecular weight excluding hydrogens is 564 g/mol. The Kier molecular flexibility index (Phi) is 8.17. The van der Waals surface area contributed by atoms with E-state index in [9.17, 15) is 22.4 Å². The lowest BCUT2D eigenvalue weighted by molar-refractivity contribution is -0.125. The predicted octanol–water partition coefficient (Wildman–Crippen LogP) is 3.98. The molecule has 2 amide bonds. The van der Waals surface area contributed by atoms with Crippen molar-refractivity contribution in [1.82, 2.24) is 19.3 Å². The summed E-state index contributed by atoms with van der Waals surface area (Å²) in [6, 6.07) is 7.88. The van der Waals surface area contributed by atoms with Crippen molar-refractivity contribution in [1.29, 1.82) is 0 Å². The highest BCUT2D eigenvalue weighted by Crippen LogP contribution is 2.31. The number of hydrogen-bond acceptors (Lipinski definition) is 6. The summed E-state index contributed by atoms with van der Waals surface area (Å²) in [6.07, 6.45) is -0.142. The fraction of sp³-hybridized carbons (Fsp3) is 0.261. The first-order valence-corrected chi connectivity index (χ1v) is 14.1. The summed E-state index contributed by atoms with van der Waals surface area (Å²) < 4.78 is 41.9. The molecule has 37 heavy (non-hydrogen) atoms. The summed E-state index contributed by atoms with van der Waals surface area (Å²) in [7, 11) is -2.92. The van der Waals surface area contributed by atoms with Crippen LogP contribution in [0.3, 0.4) is 0 Å². The zero-order chi connectivity index (χ0) is 26.9. The summed E-state index contributed by atoms with van der Waals surface area (Å²) in [5, 5.41) is 8.09. The number of rotatable bonds is 6. The Bertz CT molecular complexity index is 1450. The minimum atomic E-state index is -4.15. The van der Waals surface area contributed by atoms with Crippen LogP contribution in [0.1, 0.15) is 25.1 Å². The number of carbonyl (C=O) groups is 2. The number of benzene rings is 2. The molecule has 0 aliphatic carbocycles. The highest BCUT2D eigenvalue weighted by molar-refractivity contribution is 7.87. The second kappa shape index (κ2) is 11.0. The maximum absolute atomic E-state index is 13.4. The standard InChI is InChI=1S/C23H22Cl2FN5O4S2/c1-12(19-11-36-23(29-19)14-5-3-4-6-15(14)24)27-21(32)18-10-20(31(2)37(34,35)30-18)22(33)28-13-7-8-17(26)16(25)9-13/h3-9,11-12,18,20,30H,10H2,1-2H3,(H,27,32)(H,28,33). The maximum Gasteiger partial charge on any atom is 0.280 e. The van der Waals surface area contributed by atoms with Crippen molar-refractivity contribution in [2.24, 2.45) is 0 Å². The molecule has 4 rings (SSSR count). The molecule has 0 radical (unpaired) electrons. The van der Waals surface area contributed by atoms with Gasteiger partial charge in [-0.25, -0.2) is 9.37 Å². The van der Waals surface area contributed by atoms with Crippen LogP contribution in [-0.2, 0) is 19.8 Å². The number of nitrogens with zero attached hydrogens (tertiary/aromatic N) is 2. The van der Waals surface area contributed by atoms with Gasteiger partial charge < -0.3 is 10.6 Å². The Morgan fingerprint density at radius 1 is 1.19 bits per heavy atom. The Balaban J connectivity index is 1.46. The normalized spacial score (nSPS) is 20.2. The minimum absolute atomic E-state index is 0.142. The topological polar surface area (TPSA) is 121 Å². The fourth-order valence-electron chi connectivity index (χ4n) is 3.71. The molecular formula is C23H22Cl2FN5O4S2. The average molecular weight is 586 g/mol. The summed E-state index contributed by atoms with van der Waals surface area (Å²) in [5.74, 6) is -1.96. The van der Waals surface area contributed by atoms with E-state index in [1.807, 2.05) is 18.2 Å². The van der Waals surface area contributed by atoms with Crippen molar-refractivity contribution in [3.8, 4) is 10.6 Å². The molecule has 3 atom stereocenters. The number of hydrogen-bond donors (Lipinski definition) is 3. The molecule has 1 fully saturated rings. The van der Waals surface area contributed by atoms with Gasteiger partial charge in [-0.1, -0.05) is 41.4 Å². The molecule has 2 aromatic carbocycles. The zero-order valence-electron chi connectivity index (χ0n) is 19.5. The predicted molar refractivity (Wildman–Crippen MR) is 141 cm³/mol. The van der Waals surface area contributed by atoms with E-state index >= 15 is 0 Å². The van der Waals surface area contributed by atoms with E-state index in [0.29, 0.717) is 15.7 Å². The van der Waals surface area contributed by atoms with Crippen LogP contribution >= 0.6 is 34.5 Å². The number of nitrogens with one attached hydrogen (secondary N) is 3. The average Bonchev–Trinajstić information content (AvgIpc) is 3.33. The molecule has 1 aliphatic rings. The van der Waals surface area contributed by atoms with Crippen LogP contribution in [0, 0.1) is 5.82 Å². The molecule has 0 spiro atoms. The molecule has 196 valence electrons. The Morgan fingerprint density at radius 3 is 2.62 bits per heavy atom. The van der Waals surface area contributed by atoms with Crippen molar-refractivity contribution < 1.29 is 22.4 Å². The smallest absolute Gasteiger partial charge is 0.280 e. The number of thiazole rings is 1. The largest absolute Gasteiger partial charge is 0.347 e. The SMILES string of the molecule is CC(NC(=O)C1CC(C(=O)Nc2ccc(F)c(Cl)c2)N(C)S(=O)(=O)N1)c1csc(-c2ccccc2Cl)n1. The molecule has 3 N–H and O–H groups in total. The van der Waals surface area contributed by atoms with Gasteiger partial charge >= 0.3 is 0 Å². The minimum Gasteiger partial charge on any atom is -0.347 e. The number of likely N-dealkylation sites (N-methyl/N-ethyl adjacent to an activating group) is 1. The lowest BCUT2D eigenvalue weighted by atomic mass is 10.1. The number of halogens is 3. The Hall–Kier alpha value is -2.61. The molecule has 14 heteroatoms. The molecule has 1 aromatic heterocycles. The zero-order valence-corrected chi connectivity index (χ0v) is 22.7. The third-order valence-electron chi connectivity index (χ3n) is 5.80. The molecule has 3 unspecified atom stereocenters. The molecule has 0 bridgehead atoms. The van der Waals surface area contributed by atoms with Gasteiger partial charge in [0.15, 0.2) is 0 Å². The van der Waals surface area contributed by atoms with E-state index in [4.69, 9.17) is 23.2 Å². The van der Waals surface area contributed by atoms with Gasteiger partial charge in [0.1, 0.15) is 22.9 Å². The highest BCUT2D eigenvalue weighted by atomic mass is 35.5. The van der Waals surface area contributed by atoms with Crippen molar-refractivity contribution in [3.63, 3.8) is 0 Å². The maximum atomic E-state index is 13.4. The third-order valence-corrected chi connectivity index (χ3v) is 8.91. The van der Waals surface area contributed by atoms with E-state index < -0.39 is 46.0 Å². The summed E-state index contributed by atoms with van der Waals surface area (Å²) in [4.78, 5) is 30.5. The summed E-state index contributed by atoms with van der Waals surface area (Å²) >= 11 is 13.4. The van der Waals surface area contributed by atoms with Crippen LogP contribution in [0.5, 0.6) is 0 Å². The highest BCUT2D eigenvalue weighted by Gasteiger charge is 2.43. The Morgan fingerprint density at radius 2 is 1.92 bits per heavy atom. The number of amides is 2. The van der Waals surface area contributed by atoms with Crippen LogP contribution in [0.15, 0.2) is 47.8 Å².